The Labute approximate surface area is 82.4 Å². The van der Waals surface area contributed by atoms with Crippen LogP contribution in [0.5, 0.6) is 0 Å². The number of aromatic nitrogens is 2. The first kappa shape index (κ1) is 10.4. The van der Waals surface area contributed by atoms with Gasteiger partial charge in [0.1, 0.15) is 11.9 Å². The fourth-order valence-corrected chi connectivity index (χ4v) is 0.820. The first-order valence-electron chi connectivity index (χ1n) is 4.33. The zero-order chi connectivity index (χ0) is 10.4. The molecule has 1 aromatic heterocycles. The number of nitrogens with one attached hydrogen (secondary N) is 1. The van der Waals surface area contributed by atoms with Crippen LogP contribution in [0.4, 0.5) is 5.82 Å². The van der Waals surface area contributed by atoms with Gasteiger partial charge >= 0.3 is 0 Å². The lowest BCUT2D eigenvalue weighted by atomic mass is 10.2. The van der Waals surface area contributed by atoms with Crippen molar-refractivity contribution < 1.29 is 5.11 Å². The molecular weight excluding hydrogens is 180 g/mol. The molecule has 74 valence electrons. The van der Waals surface area contributed by atoms with Crippen LogP contribution in [-0.4, -0.2) is 28.2 Å². The average molecular weight is 192 g/mol. The van der Waals surface area contributed by atoms with Gasteiger partial charge in [-0.2, -0.15) is 5.26 Å². The normalized spacial score (nSPS) is 11.8. The highest BCUT2D eigenvalue weighted by molar-refractivity contribution is 5.32. The van der Waals surface area contributed by atoms with Crippen molar-refractivity contribution in [2.45, 2.75) is 6.92 Å². The van der Waals surface area contributed by atoms with E-state index in [0.29, 0.717) is 18.1 Å². The number of aliphatic hydroxyl groups is 1. The lowest BCUT2D eigenvalue weighted by Crippen LogP contribution is -2.15. The van der Waals surface area contributed by atoms with Crippen molar-refractivity contribution >= 4 is 5.82 Å². The number of hydrogen-bond donors (Lipinski definition) is 2. The Balaban J connectivity index is 2.49. The topological polar surface area (TPSA) is 81.8 Å². The van der Waals surface area contributed by atoms with Crippen molar-refractivity contribution in [3.63, 3.8) is 0 Å². The summed E-state index contributed by atoms with van der Waals surface area (Å²) in [7, 11) is 0. The molecule has 0 saturated carbocycles. The van der Waals surface area contributed by atoms with Gasteiger partial charge in [0.05, 0.1) is 12.4 Å². The molecule has 0 radical (unpaired) electrons. The molecule has 1 aromatic rings. The van der Waals surface area contributed by atoms with Crippen LogP contribution >= 0.6 is 0 Å². The minimum absolute atomic E-state index is 0.136. The van der Waals surface area contributed by atoms with Crippen LogP contribution in [0.25, 0.3) is 0 Å². The van der Waals surface area contributed by atoms with Gasteiger partial charge in [-0.15, -0.1) is 0 Å². The van der Waals surface area contributed by atoms with Crippen LogP contribution in [0, 0.1) is 17.2 Å². The summed E-state index contributed by atoms with van der Waals surface area (Å²) in [5.74, 6) is 0.789. The molecule has 1 rings (SSSR count). The summed E-state index contributed by atoms with van der Waals surface area (Å²) in [4.78, 5) is 7.83. The molecule has 0 aromatic carbocycles. The van der Waals surface area contributed by atoms with Crippen LogP contribution in [0.1, 0.15) is 12.6 Å². The molecule has 0 spiro atoms. The molecule has 14 heavy (non-hydrogen) atoms. The molecular formula is C9H12N4O. The number of rotatable bonds is 4. The molecule has 1 atom stereocenters. The SMILES string of the molecule is CC(CO)CNc1cnc(C#N)cn1. The average Bonchev–Trinajstić information content (AvgIpc) is 2.26. The van der Waals surface area contributed by atoms with Crippen LogP contribution in [0.15, 0.2) is 12.4 Å². The fourth-order valence-electron chi connectivity index (χ4n) is 0.820. The van der Waals surface area contributed by atoms with Gasteiger partial charge in [0, 0.05) is 13.2 Å². The van der Waals surface area contributed by atoms with Gasteiger partial charge in [-0.1, -0.05) is 6.92 Å². The summed E-state index contributed by atoms with van der Waals surface area (Å²) >= 11 is 0. The molecule has 2 N–H and O–H groups in total. The van der Waals surface area contributed by atoms with E-state index in [-0.39, 0.29) is 12.5 Å². The van der Waals surface area contributed by atoms with E-state index in [1.54, 1.807) is 0 Å². The Morgan fingerprint density at radius 1 is 1.57 bits per heavy atom. The third-order valence-corrected chi connectivity index (χ3v) is 1.71. The first-order valence-corrected chi connectivity index (χ1v) is 4.33. The number of nitriles is 1. The maximum atomic E-state index is 8.78. The summed E-state index contributed by atoms with van der Waals surface area (Å²) in [5.41, 5.74) is 0.297. The lowest BCUT2D eigenvalue weighted by molar-refractivity contribution is 0.244. The van der Waals surface area contributed by atoms with Gasteiger partial charge < -0.3 is 10.4 Å². The second kappa shape index (κ2) is 5.14. The zero-order valence-corrected chi connectivity index (χ0v) is 7.94. The predicted octanol–water partition coefficient (Wildman–Crippen LogP) is 0.389. The highest BCUT2D eigenvalue weighted by Gasteiger charge is 2.00. The standard InChI is InChI=1S/C9H12N4O/c1-7(6-14)3-12-9-5-11-8(2-10)4-13-9/h4-5,7,14H,3,6H2,1H3,(H,12,13). The molecule has 0 fully saturated rings. The quantitative estimate of drug-likeness (QED) is 0.721. The van der Waals surface area contributed by atoms with Gasteiger partial charge in [-0.3, -0.25) is 0 Å². The van der Waals surface area contributed by atoms with Crippen molar-refractivity contribution in [3.05, 3.63) is 18.1 Å². The molecule has 0 aliphatic carbocycles. The van der Waals surface area contributed by atoms with Crippen molar-refractivity contribution in [3.8, 4) is 6.07 Å². The molecule has 0 saturated heterocycles. The zero-order valence-electron chi connectivity index (χ0n) is 7.94. The Hall–Kier alpha value is -1.67. The molecule has 0 bridgehead atoms. The van der Waals surface area contributed by atoms with Gasteiger partial charge in [-0.25, -0.2) is 9.97 Å². The van der Waals surface area contributed by atoms with E-state index in [4.69, 9.17) is 10.4 Å². The number of hydrogen-bond acceptors (Lipinski definition) is 5. The second-order valence-corrected chi connectivity index (χ2v) is 3.07. The maximum Gasteiger partial charge on any atom is 0.158 e. The predicted molar refractivity (Wildman–Crippen MR) is 51.5 cm³/mol. The van der Waals surface area contributed by atoms with E-state index in [0.717, 1.165) is 0 Å². The highest BCUT2D eigenvalue weighted by atomic mass is 16.3. The van der Waals surface area contributed by atoms with Crippen molar-refractivity contribution in [2.75, 3.05) is 18.5 Å². The number of aliphatic hydroxyl groups excluding tert-OH is 1. The van der Waals surface area contributed by atoms with Crippen molar-refractivity contribution in [1.82, 2.24) is 9.97 Å². The largest absolute Gasteiger partial charge is 0.396 e. The Bertz CT molecular complexity index is 317. The van der Waals surface area contributed by atoms with E-state index < -0.39 is 0 Å². The molecule has 1 heterocycles. The van der Waals surface area contributed by atoms with Crippen LogP contribution in [0.3, 0.4) is 0 Å². The smallest absolute Gasteiger partial charge is 0.158 e. The highest BCUT2D eigenvalue weighted by Crippen LogP contribution is 2.01. The van der Waals surface area contributed by atoms with E-state index in [1.807, 2.05) is 13.0 Å². The lowest BCUT2D eigenvalue weighted by Gasteiger charge is -2.09. The number of anilines is 1. The number of nitrogens with zero attached hydrogens (tertiary/aromatic N) is 3. The molecule has 5 heteroatoms. The monoisotopic (exact) mass is 192 g/mol. The minimum atomic E-state index is 0.136. The third kappa shape index (κ3) is 2.99. The molecule has 5 nitrogen and oxygen atoms in total. The summed E-state index contributed by atoms with van der Waals surface area (Å²) in [5, 5.41) is 20.3. The Morgan fingerprint density at radius 3 is 2.86 bits per heavy atom. The summed E-state index contributed by atoms with van der Waals surface area (Å²) in [6.07, 6.45) is 2.91. The van der Waals surface area contributed by atoms with E-state index >= 15 is 0 Å². The minimum Gasteiger partial charge on any atom is -0.396 e. The van der Waals surface area contributed by atoms with Crippen molar-refractivity contribution in [1.29, 1.82) is 5.26 Å². The molecule has 1 unspecified atom stereocenters. The fraction of sp³-hybridized carbons (Fsp3) is 0.444. The Kier molecular flexibility index (Phi) is 3.83. The van der Waals surface area contributed by atoms with E-state index in [9.17, 15) is 0 Å². The van der Waals surface area contributed by atoms with Crippen LogP contribution in [0.2, 0.25) is 0 Å². The van der Waals surface area contributed by atoms with E-state index in [2.05, 4.69) is 15.3 Å². The van der Waals surface area contributed by atoms with Gasteiger partial charge in [0.25, 0.3) is 0 Å². The van der Waals surface area contributed by atoms with E-state index in [1.165, 1.54) is 12.4 Å². The summed E-state index contributed by atoms with van der Waals surface area (Å²) < 4.78 is 0. The van der Waals surface area contributed by atoms with Gasteiger partial charge in [0.15, 0.2) is 5.69 Å². The van der Waals surface area contributed by atoms with Crippen LogP contribution < -0.4 is 5.32 Å². The molecule has 0 aliphatic heterocycles. The van der Waals surface area contributed by atoms with Gasteiger partial charge in [0.2, 0.25) is 0 Å². The van der Waals surface area contributed by atoms with Gasteiger partial charge in [-0.05, 0) is 5.92 Å². The Morgan fingerprint density at radius 2 is 2.36 bits per heavy atom. The molecule has 0 aliphatic rings. The third-order valence-electron chi connectivity index (χ3n) is 1.71. The summed E-state index contributed by atoms with van der Waals surface area (Å²) in [6, 6.07) is 1.89. The second-order valence-electron chi connectivity index (χ2n) is 3.07. The maximum absolute atomic E-state index is 8.78. The first-order chi connectivity index (χ1) is 6.76. The van der Waals surface area contributed by atoms with Crippen molar-refractivity contribution in [2.24, 2.45) is 5.92 Å². The van der Waals surface area contributed by atoms with Crippen LogP contribution in [-0.2, 0) is 0 Å². The summed E-state index contributed by atoms with van der Waals surface area (Å²) in [6.45, 7) is 2.69. The molecule has 0 amide bonds.